The first-order chi connectivity index (χ1) is 23.0. The minimum Gasteiger partial charge on any atom is -0.344 e. The summed E-state index contributed by atoms with van der Waals surface area (Å²) in [6.45, 7) is 14.3. The smallest absolute Gasteiger partial charge is 0.210 e. The van der Waals surface area contributed by atoms with Crippen molar-refractivity contribution in [3.8, 4) is 0 Å². The maximum atomic E-state index is 12.2. The van der Waals surface area contributed by atoms with Crippen LogP contribution in [0, 0.1) is 5.92 Å². The van der Waals surface area contributed by atoms with Crippen molar-refractivity contribution < 1.29 is 9.37 Å². The van der Waals surface area contributed by atoms with Crippen molar-refractivity contribution >= 4 is 44.4 Å². The number of hydrogen-bond donors (Lipinski definition) is 0. The average Bonchev–Trinajstić information content (AvgIpc) is 3.41. The van der Waals surface area contributed by atoms with Crippen molar-refractivity contribution in [3.05, 3.63) is 132 Å². The molecule has 3 nitrogen and oxygen atoms in total. The summed E-state index contributed by atoms with van der Waals surface area (Å²) in [6, 6.07) is 26.5. The van der Waals surface area contributed by atoms with Gasteiger partial charge < -0.3 is 4.90 Å². The zero-order valence-corrected chi connectivity index (χ0v) is 29.9. The summed E-state index contributed by atoms with van der Waals surface area (Å²) in [6.07, 6.45) is 19.1. The second-order valence-electron chi connectivity index (χ2n) is 14.8. The summed E-state index contributed by atoms with van der Waals surface area (Å²) in [5, 5.41) is 5.24. The SMILES string of the molecule is CC(C)C(=O)CCCCCN1/C(=C/C=C/C=C/C=C/C2=[N+](C)c3ccc4ccccc4c3C2(C)C)C(C)(C)c2c1ccc1ccccc21. The van der Waals surface area contributed by atoms with Gasteiger partial charge in [-0.1, -0.05) is 119 Å². The Balaban J connectivity index is 1.20. The predicted octanol–water partition coefficient (Wildman–Crippen LogP) is 11.1. The normalized spacial score (nSPS) is 17.8. The molecule has 0 aromatic heterocycles. The fourth-order valence-corrected chi connectivity index (χ4v) is 7.99. The Morgan fingerprint density at radius 3 is 2.06 bits per heavy atom. The van der Waals surface area contributed by atoms with Gasteiger partial charge in [-0.25, -0.2) is 0 Å². The summed E-state index contributed by atoms with van der Waals surface area (Å²) >= 11 is 0. The Morgan fingerprint density at radius 2 is 1.35 bits per heavy atom. The van der Waals surface area contributed by atoms with Gasteiger partial charge in [0.05, 0.1) is 5.41 Å². The Labute approximate surface area is 287 Å². The highest BCUT2D eigenvalue weighted by Crippen LogP contribution is 2.51. The van der Waals surface area contributed by atoms with Crippen molar-refractivity contribution in [3.63, 3.8) is 0 Å². The quantitative estimate of drug-likeness (QED) is 0.0930. The number of ketones is 1. The van der Waals surface area contributed by atoms with Crippen molar-refractivity contribution in [2.75, 3.05) is 18.5 Å². The van der Waals surface area contributed by atoms with E-state index in [2.05, 4.69) is 160 Å². The molecule has 0 saturated carbocycles. The maximum Gasteiger partial charge on any atom is 0.210 e. The van der Waals surface area contributed by atoms with Crippen LogP contribution in [0.2, 0.25) is 0 Å². The zero-order valence-electron chi connectivity index (χ0n) is 29.9. The number of unbranched alkanes of at least 4 members (excludes halogenated alkanes) is 2. The number of carbonyl (C=O) groups excluding carboxylic acids is 1. The molecule has 3 heteroatoms. The number of Topliss-reactive ketones (excluding diaryl/α,β-unsaturated/α-hetero) is 1. The lowest BCUT2D eigenvalue weighted by Gasteiger charge is -2.27. The van der Waals surface area contributed by atoms with Gasteiger partial charge in [-0.15, -0.1) is 0 Å². The molecule has 0 radical (unpaired) electrons. The molecular formula is C45H51N2O+. The molecule has 0 amide bonds. The van der Waals surface area contributed by atoms with E-state index in [-0.39, 0.29) is 16.7 Å². The van der Waals surface area contributed by atoms with Crippen LogP contribution in [0.3, 0.4) is 0 Å². The number of fused-ring (bicyclic) bond motifs is 6. The maximum absolute atomic E-state index is 12.2. The number of benzene rings is 4. The lowest BCUT2D eigenvalue weighted by atomic mass is 9.79. The van der Waals surface area contributed by atoms with Gasteiger partial charge >= 0.3 is 0 Å². The number of carbonyl (C=O) groups is 1. The Hall–Kier alpha value is -4.50. The molecule has 0 aliphatic carbocycles. The monoisotopic (exact) mass is 635 g/mol. The summed E-state index contributed by atoms with van der Waals surface area (Å²) in [5.41, 5.74) is 7.80. The highest BCUT2D eigenvalue weighted by Gasteiger charge is 2.44. The van der Waals surface area contributed by atoms with Gasteiger partial charge in [0.1, 0.15) is 12.8 Å². The van der Waals surface area contributed by atoms with Crippen LogP contribution in [0.5, 0.6) is 0 Å². The molecule has 0 saturated heterocycles. The van der Waals surface area contributed by atoms with E-state index in [1.807, 2.05) is 13.8 Å². The first-order valence-corrected chi connectivity index (χ1v) is 17.7. The Morgan fingerprint density at radius 1 is 0.729 bits per heavy atom. The summed E-state index contributed by atoms with van der Waals surface area (Å²) in [4.78, 5) is 14.7. The minimum absolute atomic E-state index is 0.0871. The van der Waals surface area contributed by atoms with Gasteiger partial charge in [0.25, 0.3) is 0 Å². The van der Waals surface area contributed by atoms with E-state index in [0.717, 1.165) is 25.8 Å². The van der Waals surface area contributed by atoms with Crippen molar-refractivity contribution in [2.45, 2.75) is 78.1 Å². The minimum atomic E-state index is -0.133. The average molecular weight is 636 g/mol. The summed E-state index contributed by atoms with van der Waals surface area (Å²) in [7, 11) is 2.18. The number of nitrogens with zero attached hydrogens (tertiary/aromatic N) is 2. The van der Waals surface area contributed by atoms with Gasteiger partial charge in [0, 0.05) is 53.4 Å². The van der Waals surface area contributed by atoms with E-state index < -0.39 is 0 Å². The third-order valence-corrected chi connectivity index (χ3v) is 10.6. The summed E-state index contributed by atoms with van der Waals surface area (Å²) < 4.78 is 2.34. The molecule has 4 aromatic carbocycles. The molecule has 0 atom stereocenters. The number of hydrogen-bond acceptors (Lipinski definition) is 2. The number of rotatable bonds is 11. The molecule has 0 spiro atoms. The first kappa shape index (κ1) is 33.4. The molecule has 4 aromatic rings. The second-order valence-corrected chi connectivity index (χ2v) is 14.8. The molecule has 2 aliphatic rings. The Kier molecular flexibility index (Phi) is 9.43. The molecule has 2 heterocycles. The predicted molar refractivity (Wildman–Crippen MR) is 206 cm³/mol. The van der Waals surface area contributed by atoms with E-state index >= 15 is 0 Å². The van der Waals surface area contributed by atoms with Gasteiger partial charge in [-0.3, -0.25) is 4.79 Å². The molecule has 0 unspecified atom stereocenters. The highest BCUT2D eigenvalue weighted by atomic mass is 16.1. The van der Waals surface area contributed by atoms with Crippen molar-refractivity contribution in [1.29, 1.82) is 0 Å². The standard InChI is InChI=1S/C45H51N2O/c1-32(2)39(48)24-12-11-19-31-47-38-30-28-34-21-16-18-23-36(34)43(38)45(5,6)41(47)26-14-10-8-9-13-25-40-44(3,4)42-35-22-17-15-20-33(35)27-29-37(42)46(40)7/h8-10,13-18,20-23,25-30,32H,11-12,19,24,31H2,1-7H3/q+1. The van der Waals surface area contributed by atoms with E-state index in [4.69, 9.17) is 0 Å². The second kappa shape index (κ2) is 13.5. The van der Waals surface area contributed by atoms with Gasteiger partial charge in [0.2, 0.25) is 5.69 Å². The lowest BCUT2D eigenvalue weighted by Crippen LogP contribution is -2.27. The van der Waals surface area contributed by atoms with Crippen LogP contribution in [0.25, 0.3) is 21.5 Å². The van der Waals surface area contributed by atoms with E-state index in [9.17, 15) is 4.79 Å². The van der Waals surface area contributed by atoms with Crippen LogP contribution in [-0.4, -0.2) is 29.7 Å². The van der Waals surface area contributed by atoms with Crippen LogP contribution in [0.15, 0.2) is 121 Å². The number of anilines is 1. The van der Waals surface area contributed by atoms with E-state index in [0.29, 0.717) is 12.2 Å². The molecule has 48 heavy (non-hydrogen) atoms. The molecule has 0 bridgehead atoms. The zero-order chi connectivity index (χ0) is 34.1. The third-order valence-electron chi connectivity index (χ3n) is 10.6. The number of allylic oxidation sites excluding steroid dienone is 8. The van der Waals surface area contributed by atoms with Crippen molar-refractivity contribution in [2.24, 2.45) is 5.92 Å². The van der Waals surface area contributed by atoms with Crippen LogP contribution >= 0.6 is 0 Å². The van der Waals surface area contributed by atoms with E-state index in [1.165, 1.54) is 55.5 Å². The van der Waals surface area contributed by atoms with Crippen LogP contribution in [0.1, 0.15) is 78.4 Å². The molecule has 6 rings (SSSR count). The molecule has 0 N–H and O–H groups in total. The fraction of sp³-hybridized carbons (Fsp3) is 0.333. The molecular weight excluding hydrogens is 585 g/mol. The Bertz CT molecular complexity index is 2010. The molecule has 2 aliphatic heterocycles. The van der Waals surface area contributed by atoms with E-state index in [1.54, 1.807) is 0 Å². The fourth-order valence-electron chi connectivity index (χ4n) is 7.99. The highest BCUT2D eigenvalue weighted by molar-refractivity contribution is 6.07. The molecule has 246 valence electrons. The topological polar surface area (TPSA) is 23.3 Å². The van der Waals surface area contributed by atoms with Crippen LogP contribution < -0.4 is 4.90 Å². The van der Waals surface area contributed by atoms with Crippen LogP contribution in [-0.2, 0) is 15.6 Å². The van der Waals surface area contributed by atoms with Crippen LogP contribution in [0.4, 0.5) is 11.4 Å². The lowest BCUT2D eigenvalue weighted by molar-refractivity contribution is -0.401. The first-order valence-electron chi connectivity index (χ1n) is 17.7. The van der Waals surface area contributed by atoms with Gasteiger partial charge in [-0.05, 0) is 72.0 Å². The third kappa shape index (κ3) is 6.12. The summed E-state index contributed by atoms with van der Waals surface area (Å²) in [5.74, 6) is 0.502. The van der Waals surface area contributed by atoms with Crippen molar-refractivity contribution in [1.82, 2.24) is 0 Å². The van der Waals surface area contributed by atoms with Gasteiger partial charge in [-0.2, -0.15) is 4.58 Å². The van der Waals surface area contributed by atoms with Gasteiger partial charge in [0.15, 0.2) is 5.71 Å². The largest absolute Gasteiger partial charge is 0.344 e. The molecule has 0 fully saturated rings.